The summed E-state index contributed by atoms with van der Waals surface area (Å²) in [5, 5.41) is 19.6. The SMILES string of the molecule is CCCCCCCCCCCCCCCC(=O)OC[C@@H](COP(=O)(O)O)OC(=O)CCCCCCCCCCCCCCC.Nc1ccn([C@@H]2O[C@H](COP(=O)(O)O)[C@@H](O)[C@@H]2O)c(=O)n1. The van der Waals surface area contributed by atoms with Crippen LogP contribution in [0.15, 0.2) is 17.1 Å². The Balaban J connectivity index is 0.000000828. The molecule has 0 saturated carbocycles. The second kappa shape index (κ2) is 36.7. The van der Waals surface area contributed by atoms with Gasteiger partial charge in [0, 0.05) is 19.0 Å². The Morgan fingerprint density at radius 1 is 0.662 bits per heavy atom. The van der Waals surface area contributed by atoms with Crippen molar-refractivity contribution in [3.63, 3.8) is 0 Å². The van der Waals surface area contributed by atoms with Crippen LogP contribution in [-0.4, -0.2) is 95.5 Å². The third kappa shape index (κ3) is 33.0. The number of carbonyl (C=O) groups is 2. The van der Waals surface area contributed by atoms with Gasteiger partial charge in [0.2, 0.25) is 0 Å². The Morgan fingerprint density at radius 3 is 1.49 bits per heavy atom. The first-order valence-corrected chi connectivity index (χ1v) is 27.1. The molecular weight excluding hydrogens is 888 g/mol. The number of hydrogen-bond donors (Lipinski definition) is 7. The highest BCUT2D eigenvalue weighted by atomic mass is 31.2. The Hall–Kier alpha value is -2.28. The molecule has 1 aromatic rings. The molecule has 1 saturated heterocycles. The maximum Gasteiger partial charge on any atom is 0.469 e. The maximum atomic E-state index is 12.3. The molecule has 0 unspecified atom stereocenters. The van der Waals surface area contributed by atoms with Crippen LogP contribution < -0.4 is 11.4 Å². The molecule has 2 heterocycles. The first-order valence-electron chi connectivity index (χ1n) is 24.1. The average Bonchev–Trinajstić information content (AvgIpc) is 3.52. The van der Waals surface area contributed by atoms with E-state index in [4.69, 9.17) is 39.5 Å². The van der Waals surface area contributed by atoms with Gasteiger partial charge in [0.1, 0.15) is 30.7 Å². The van der Waals surface area contributed by atoms with Gasteiger partial charge >= 0.3 is 33.3 Å². The molecule has 19 nitrogen and oxygen atoms in total. The van der Waals surface area contributed by atoms with E-state index in [-0.39, 0.29) is 25.3 Å². The molecule has 1 aromatic heterocycles. The second-order valence-electron chi connectivity index (χ2n) is 16.9. The monoisotopic (exact) mass is 972 g/mol. The topological polar surface area (TPSA) is 297 Å². The van der Waals surface area contributed by atoms with E-state index in [1.165, 1.54) is 141 Å². The van der Waals surface area contributed by atoms with E-state index in [2.05, 4.69) is 27.9 Å². The third-order valence-corrected chi connectivity index (χ3v) is 12.0. The van der Waals surface area contributed by atoms with Crippen molar-refractivity contribution in [3.05, 3.63) is 22.7 Å². The summed E-state index contributed by atoms with van der Waals surface area (Å²) in [6.07, 6.45) is 26.8. The predicted octanol–water partition coefficient (Wildman–Crippen LogP) is 8.07. The van der Waals surface area contributed by atoms with Crippen molar-refractivity contribution in [2.24, 2.45) is 0 Å². The minimum atomic E-state index is -4.74. The fraction of sp³-hybridized carbons (Fsp3) is 0.864. The molecule has 21 heteroatoms. The lowest BCUT2D eigenvalue weighted by molar-refractivity contribution is -0.161. The number of anilines is 1. The van der Waals surface area contributed by atoms with Crippen molar-refractivity contribution >= 4 is 33.4 Å². The summed E-state index contributed by atoms with van der Waals surface area (Å²) < 4.78 is 47.2. The van der Waals surface area contributed by atoms with Gasteiger partial charge in [-0.3, -0.25) is 23.2 Å². The highest BCUT2D eigenvalue weighted by molar-refractivity contribution is 7.46. The molecule has 0 amide bonds. The number of rotatable bonds is 38. The number of ether oxygens (including phenoxy) is 3. The molecular formula is C44H83N3O16P2. The number of nitrogens with zero attached hydrogens (tertiary/aromatic N) is 2. The molecule has 2 rings (SSSR count). The summed E-state index contributed by atoms with van der Waals surface area (Å²) in [5.41, 5.74) is 4.52. The molecule has 1 aliphatic rings. The normalized spacial score (nSPS) is 18.0. The van der Waals surface area contributed by atoms with Gasteiger partial charge in [0.15, 0.2) is 12.3 Å². The molecule has 0 radical (unpaired) electrons. The zero-order valence-corrected chi connectivity index (χ0v) is 40.9. The van der Waals surface area contributed by atoms with E-state index >= 15 is 0 Å². The number of phosphoric acid groups is 2. The van der Waals surface area contributed by atoms with Crippen molar-refractivity contribution in [1.82, 2.24) is 9.55 Å². The van der Waals surface area contributed by atoms with E-state index in [1.807, 2.05) is 0 Å². The molecule has 0 aromatic carbocycles. The smallest absolute Gasteiger partial charge is 0.462 e. The number of aliphatic hydroxyl groups excluding tert-OH is 2. The maximum absolute atomic E-state index is 12.3. The van der Waals surface area contributed by atoms with Crippen molar-refractivity contribution < 1.29 is 71.8 Å². The number of aromatic nitrogens is 2. The number of esters is 2. The quantitative estimate of drug-likeness (QED) is 0.0187. The van der Waals surface area contributed by atoms with Crippen LogP contribution in [-0.2, 0) is 42.0 Å². The largest absolute Gasteiger partial charge is 0.469 e. The van der Waals surface area contributed by atoms with Gasteiger partial charge in [-0.05, 0) is 18.9 Å². The van der Waals surface area contributed by atoms with Gasteiger partial charge < -0.3 is 49.7 Å². The summed E-state index contributed by atoms with van der Waals surface area (Å²) in [6.45, 7) is 3.03. The van der Waals surface area contributed by atoms with Crippen LogP contribution in [0.25, 0.3) is 0 Å². The van der Waals surface area contributed by atoms with Crippen LogP contribution in [0.1, 0.15) is 200 Å². The zero-order valence-electron chi connectivity index (χ0n) is 39.1. The van der Waals surface area contributed by atoms with Crippen molar-refractivity contribution in [1.29, 1.82) is 0 Å². The van der Waals surface area contributed by atoms with Crippen molar-refractivity contribution in [3.8, 4) is 0 Å². The first kappa shape index (κ1) is 60.7. The number of nitrogen functional groups attached to an aromatic ring is 1. The van der Waals surface area contributed by atoms with Crippen LogP contribution in [0.2, 0.25) is 0 Å². The van der Waals surface area contributed by atoms with E-state index in [9.17, 15) is 33.7 Å². The van der Waals surface area contributed by atoms with Crippen LogP contribution in [0.4, 0.5) is 5.82 Å². The molecule has 0 aliphatic carbocycles. The minimum Gasteiger partial charge on any atom is -0.462 e. The molecule has 1 fully saturated rings. The van der Waals surface area contributed by atoms with Gasteiger partial charge in [0.25, 0.3) is 0 Å². The lowest BCUT2D eigenvalue weighted by atomic mass is 10.0. The first-order chi connectivity index (χ1) is 31.0. The highest BCUT2D eigenvalue weighted by Gasteiger charge is 2.45. The summed E-state index contributed by atoms with van der Waals surface area (Å²) in [5.74, 6) is -0.896. The van der Waals surface area contributed by atoms with E-state index in [0.29, 0.717) is 6.42 Å². The summed E-state index contributed by atoms with van der Waals surface area (Å²) >= 11 is 0. The Morgan fingerprint density at radius 2 is 1.08 bits per heavy atom. The number of nitrogens with two attached hydrogens (primary N) is 1. The highest BCUT2D eigenvalue weighted by Crippen LogP contribution is 2.38. The lowest BCUT2D eigenvalue weighted by Crippen LogP contribution is -2.36. The van der Waals surface area contributed by atoms with E-state index in [0.717, 1.165) is 36.7 Å². The molecule has 65 heavy (non-hydrogen) atoms. The van der Waals surface area contributed by atoms with Crippen molar-refractivity contribution in [2.75, 3.05) is 25.6 Å². The average molecular weight is 972 g/mol. The third-order valence-electron chi connectivity index (χ3n) is 11.0. The number of phosphoric ester groups is 2. The molecule has 380 valence electrons. The standard InChI is InChI=1S/C35H69O8P.C9H14N3O8P/c1-3-5-7-9-11-13-15-17-19-21-23-25-27-29-34(36)41-31-33(32-42-44(38,39)40)43-35(37)30-28-26-24-22-20-18-16-14-12-10-8-6-4-2;10-5-1-2-12(9(15)11-5)8-7(14)6(13)4(20-8)3-19-21(16,17)18/h33H,3-32H2,1-2H3,(H2,38,39,40);1-2,4,6-8,13-14H,3H2,(H2,10,11,15)(H2,16,17,18)/t33-;4-,6-,7+,8-/m01/s1. The lowest BCUT2D eigenvalue weighted by Gasteiger charge is -2.18. The Labute approximate surface area is 386 Å². The Kier molecular flexibility index (Phi) is 34.3. The van der Waals surface area contributed by atoms with E-state index in [1.54, 1.807) is 0 Å². The summed E-state index contributed by atoms with van der Waals surface area (Å²) in [6, 6.07) is 1.29. The minimum absolute atomic E-state index is 0.0225. The fourth-order valence-corrected chi connectivity index (χ4v) is 7.96. The molecule has 5 atom stereocenters. The molecule has 8 N–H and O–H groups in total. The van der Waals surface area contributed by atoms with Crippen LogP contribution in [0.5, 0.6) is 0 Å². The number of carbonyl (C=O) groups excluding carboxylic acids is 2. The van der Waals surface area contributed by atoms with Crippen LogP contribution in [0, 0.1) is 0 Å². The van der Waals surface area contributed by atoms with Crippen LogP contribution >= 0.6 is 15.6 Å². The second-order valence-corrected chi connectivity index (χ2v) is 19.4. The van der Waals surface area contributed by atoms with Gasteiger partial charge in [-0.2, -0.15) is 4.98 Å². The number of unbranched alkanes of at least 4 members (excludes halogenated alkanes) is 24. The van der Waals surface area contributed by atoms with Gasteiger partial charge in [-0.1, -0.05) is 168 Å². The van der Waals surface area contributed by atoms with Crippen LogP contribution in [0.3, 0.4) is 0 Å². The van der Waals surface area contributed by atoms with Crippen molar-refractivity contribution in [2.45, 2.75) is 224 Å². The summed E-state index contributed by atoms with van der Waals surface area (Å²) in [7, 11) is -9.48. The van der Waals surface area contributed by atoms with Gasteiger partial charge in [0.05, 0.1) is 13.2 Å². The molecule has 0 bridgehead atoms. The number of hydrogen-bond acceptors (Lipinski definition) is 14. The number of aliphatic hydroxyl groups is 2. The predicted molar refractivity (Wildman–Crippen MR) is 246 cm³/mol. The van der Waals surface area contributed by atoms with E-state index < -0.39 is 77.1 Å². The molecule has 0 spiro atoms. The Bertz CT molecular complexity index is 1540. The molecule has 1 aliphatic heterocycles. The van der Waals surface area contributed by atoms with Gasteiger partial charge in [-0.25, -0.2) is 13.9 Å². The summed E-state index contributed by atoms with van der Waals surface area (Å²) in [4.78, 5) is 74.9. The van der Waals surface area contributed by atoms with Gasteiger partial charge in [-0.15, -0.1) is 0 Å². The fourth-order valence-electron chi connectivity index (χ4n) is 7.26. The zero-order chi connectivity index (χ0) is 48.4.